The summed E-state index contributed by atoms with van der Waals surface area (Å²) in [5.41, 5.74) is -0.867. The maximum Gasteiger partial charge on any atom is 0.257 e. The first kappa shape index (κ1) is 17.8. The molecule has 3 aromatic carbocycles. The zero-order chi connectivity index (χ0) is 19.0. The van der Waals surface area contributed by atoms with Crippen LogP contribution < -0.4 is 5.32 Å². The normalized spacial score (nSPS) is 12.2. The summed E-state index contributed by atoms with van der Waals surface area (Å²) in [6.45, 7) is 1.55. The Kier molecular flexibility index (Phi) is 4.63. The number of amides is 1. The van der Waals surface area contributed by atoms with E-state index in [2.05, 4.69) is 5.32 Å². The van der Waals surface area contributed by atoms with Crippen molar-refractivity contribution in [3.8, 4) is 0 Å². The Morgan fingerprint density at radius 1 is 0.808 bits per heavy atom. The zero-order valence-corrected chi connectivity index (χ0v) is 13.4. The number of benzene rings is 3. The van der Waals surface area contributed by atoms with Gasteiger partial charge in [-0.3, -0.25) is 4.79 Å². The van der Waals surface area contributed by atoms with E-state index in [-0.39, 0.29) is 0 Å². The third-order valence-corrected chi connectivity index (χ3v) is 4.07. The summed E-state index contributed by atoms with van der Waals surface area (Å²) in [7, 11) is 0. The van der Waals surface area contributed by atoms with Gasteiger partial charge in [0.1, 0.15) is 5.56 Å². The van der Waals surface area contributed by atoms with Crippen molar-refractivity contribution < 1.29 is 26.7 Å². The Bertz CT molecular complexity index is 984. The fourth-order valence-corrected chi connectivity index (χ4v) is 2.78. The first-order chi connectivity index (χ1) is 12.3. The quantitative estimate of drug-likeness (QED) is 0.394. The van der Waals surface area contributed by atoms with Crippen LogP contribution in [-0.2, 0) is 0 Å². The van der Waals surface area contributed by atoms with Crippen molar-refractivity contribution in [3.05, 3.63) is 82.7 Å². The molecule has 1 N–H and O–H groups in total. The fraction of sp³-hybridized carbons (Fsp3) is 0.105. The van der Waals surface area contributed by atoms with E-state index in [0.29, 0.717) is 5.56 Å². The molecule has 1 unspecified atom stereocenters. The molecule has 2 nitrogen and oxygen atoms in total. The second kappa shape index (κ2) is 6.74. The molecule has 0 fully saturated rings. The molecule has 3 aromatic rings. The van der Waals surface area contributed by atoms with Gasteiger partial charge in [0, 0.05) is 0 Å². The minimum Gasteiger partial charge on any atom is -0.345 e. The number of hydrogen-bond acceptors (Lipinski definition) is 1. The molecule has 0 spiro atoms. The lowest BCUT2D eigenvalue weighted by Gasteiger charge is -2.17. The Balaban J connectivity index is 1.98. The summed E-state index contributed by atoms with van der Waals surface area (Å²) in [5, 5.41) is 3.95. The molecule has 7 heteroatoms. The fourth-order valence-electron chi connectivity index (χ4n) is 2.78. The first-order valence-electron chi connectivity index (χ1n) is 7.63. The van der Waals surface area contributed by atoms with Crippen molar-refractivity contribution in [1.82, 2.24) is 5.32 Å². The Labute approximate surface area is 145 Å². The molecule has 3 rings (SSSR count). The maximum absolute atomic E-state index is 13.8. The summed E-state index contributed by atoms with van der Waals surface area (Å²) in [5.74, 6) is -12.3. The molecule has 134 valence electrons. The van der Waals surface area contributed by atoms with Crippen LogP contribution in [-0.4, -0.2) is 5.91 Å². The zero-order valence-electron chi connectivity index (χ0n) is 13.4. The molecule has 0 aliphatic heterocycles. The van der Waals surface area contributed by atoms with E-state index in [1.165, 1.54) is 0 Å². The number of nitrogens with one attached hydrogen (secondary N) is 1. The predicted octanol–water partition coefficient (Wildman–Crippen LogP) is 5.03. The minimum absolute atomic E-state index is 0.639. The van der Waals surface area contributed by atoms with Crippen LogP contribution in [0.4, 0.5) is 22.0 Å². The monoisotopic (exact) mass is 365 g/mol. The lowest BCUT2D eigenvalue weighted by molar-refractivity contribution is 0.0928. The standard InChI is InChI=1S/C19H12F5NO/c1-9(11-8-4-6-10-5-2-3-7-12(10)11)25-19(26)13-14(20)16(22)18(24)17(23)15(13)21/h2-9H,1H3,(H,25,26). The Morgan fingerprint density at radius 3 is 2.00 bits per heavy atom. The topological polar surface area (TPSA) is 29.1 Å². The SMILES string of the molecule is CC(NC(=O)c1c(F)c(F)c(F)c(F)c1F)c1cccc2ccccc12. The highest BCUT2D eigenvalue weighted by Crippen LogP contribution is 2.26. The highest BCUT2D eigenvalue weighted by Gasteiger charge is 2.30. The highest BCUT2D eigenvalue weighted by molar-refractivity contribution is 5.95. The smallest absolute Gasteiger partial charge is 0.257 e. The Morgan fingerprint density at radius 2 is 1.35 bits per heavy atom. The number of halogens is 5. The van der Waals surface area contributed by atoms with E-state index >= 15 is 0 Å². The van der Waals surface area contributed by atoms with Crippen molar-refractivity contribution in [2.75, 3.05) is 0 Å². The molecule has 0 saturated heterocycles. The molecule has 0 aliphatic rings. The van der Waals surface area contributed by atoms with E-state index in [0.717, 1.165) is 10.8 Å². The molecule has 1 amide bonds. The molecule has 26 heavy (non-hydrogen) atoms. The van der Waals surface area contributed by atoms with Crippen LogP contribution in [0.1, 0.15) is 28.9 Å². The van der Waals surface area contributed by atoms with Gasteiger partial charge in [0.05, 0.1) is 6.04 Å². The van der Waals surface area contributed by atoms with Gasteiger partial charge in [0.2, 0.25) is 5.82 Å². The molecule has 0 aliphatic carbocycles. The molecular formula is C19H12F5NO. The van der Waals surface area contributed by atoms with E-state index < -0.39 is 46.6 Å². The van der Waals surface area contributed by atoms with Crippen LogP contribution in [0.15, 0.2) is 42.5 Å². The van der Waals surface area contributed by atoms with Crippen LogP contribution in [0, 0.1) is 29.1 Å². The van der Waals surface area contributed by atoms with Crippen molar-refractivity contribution in [2.45, 2.75) is 13.0 Å². The van der Waals surface area contributed by atoms with Gasteiger partial charge in [-0.05, 0) is 23.3 Å². The van der Waals surface area contributed by atoms with Gasteiger partial charge in [-0.25, -0.2) is 22.0 Å². The van der Waals surface area contributed by atoms with Crippen LogP contribution in [0.5, 0.6) is 0 Å². The van der Waals surface area contributed by atoms with Gasteiger partial charge in [-0.2, -0.15) is 0 Å². The maximum atomic E-state index is 13.8. The average Bonchev–Trinajstić information content (AvgIpc) is 2.64. The average molecular weight is 365 g/mol. The largest absolute Gasteiger partial charge is 0.345 e. The van der Waals surface area contributed by atoms with Crippen molar-refractivity contribution in [3.63, 3.8) is 0 Å². The molecule has 0 bridgehead atoms. The summed E-state index contributed by atoms with van der Waals surface area (Å²) < 4.78 is 67.2. The minimum atomic E-state index is -2.31. The summed E-state index contributed by atoms with van der Waals surface area (Å²) in [4.78, 5) is 12.2. The van der Waals surface area contributed by atoms with Crippen LogP contribution in [0.25, 0.3) is 10.8 Å². The number of hydrogen-bond donors (Lipinski definition) is 1. The third-order valence-electron chi connectivity index (χ3n) is 4.07. The molecule has 0 radical (unpaired) electrons. The van der Waals surface area contributed by atoms with Gasteiger partial charge >= 0.3 is 0 Å². The molecule has 0 saturated carbocycles. The van der Waals surface area contributed by atoms with Gasteiger partial charge in [-0.1, -0.05) is 42.5 Å². The molecule has 0 heterocycles. The van der Waals surface area contributed by atoms with Crippen molar-refractivity contribution in [2.24, 2.45) is 0 Å². The van der Waals surface area contributed by atoms with Crippen LogP contribution in [0.2, 0.25) is 0 Å². The number of fused-ring (bicyclic) bond motifs is 1. The van der Waals surface area contributed by atoms with E-state index in [4.69, 9.17) is 0 Å². The molecule has 0 aromatic heterocycles. The number of rotatable bonds is 3. The van der Waals surface area contributed by atoms with E-state index in [1.807, 2.05) is 18.2 Å². The highest BCUT2D eigenvalue weighted by atomic mass is 19.2. The molecule has 1 atom stereocenters. The van der Waals surface area contributed by atoms with E-state index in [9.17, 15) is 26.7 Å². The predicted molar refractivity (Wildman–Crippen MR) is 86.1 cm³/mol. The number of carbonyl (C=O) groups excluding carboxylic acids is 1. The lowest BCUT2D eigenvalue weighted by atomic mass is 9.99. The first-order valence-corrected chi connectivity index (χ1v) is 7.63. The third kappa shape index (κ3) is 2.89. The summed E-state index contributed by atoms with van der Waals surface area (Å²) in [6, 6.07) is 11.8. The summed E-state index contributed by atoms with van der Waals surface area (Å²) >= 11 is 0. The van der Waals surface area contributed by atoms with E-state index in [1.54, 1.807) is 31.2 Å². The lowest BCUT2D eigenvalue weighted by Crippen LogP contribution is -2.29. The number of carbonyl (C=O) groups is 1. The van der Waals surface area contributed by atoms with Crippen molar-refractivity contribution in [1.29, 1.82) is 0 Å². The Hall–Kier alpha value is -2.96. The van der Waals surface area contributed by atoms with Gasteiger partial charge in [0.25, 0.3) is 5.91 Å². The van der Waals surface area contributed by atoms with Crippen LogP contribution >= 0.6 is 0 Å². The van der Waals surface area contributed by atoms with Gasteiger partial charge in [-0.15, -0.1) is 0 Å². The second-order valence-electron chi connectivity index (χ2n) is 5.71. The molecular weight excluding hydrogens is 353 g/mol. The summed E-state index contributed by atoms with van der Waals surface area (Å²) in [6.07, 6.45) is 0. The van der Waals surface area contributed by atoms with Crippen LogP contribution in [0.3, 0.4) is 0 Å². The van der Waals surface area contributed by atoms with Gasteiger partial charge in [0.15, 0.2) is 23.3 Å². The van der Waals surface area contributed by atoms with Crippen molar-refractivity contribution >= 4 is 16.7 Å². The second-order valence-corrected chi connectivity index (χ2v) is 5.71. The van der Waals surface area contributed by atoms with Gasteiger partial charge < -0.3 is 5.32 Å².